The molecule has 0 saturated carbocycles. The highest BCUT2D eigenvalue weighted by Crippen LogP contribution is 2.32. The number of pyridine rings is 1. The summed E-state index contributed by atoms with van der Waals surface area (Å²) in [5.74, 6) is -0.324. The molecule has 0 aliphatic rings. The Balaban J connectivity index is 2.10. The Hall–Kier alpha value is -2.47. The van der Waals surface area contributed by atoms with Crippen LogP contribution in [0.15, 0.2) is 50.7 Å². The van der Waals surface area contributed by atoms with Crippen molar-refractivity contribution in [3.63, 3.8) is 0 Å². The minimum Gasteiger partial charge on any atom is -0.435 e. The third-order valence-corrected chi connectivity index (χ3v) is 6.72. The molecule has 3 aromatic rings. The highest BCUT2D eigenvalue weighted by Gasteiger charge is 2.47. The number of hydrogen-bond acceptors (Lipinski definition) is 7. The van der Waals surface area contributed by atoms with Crippen LogP contribution in [0.3, 0.4) is 0 Å². The number of aromatic nitrogens is 2. The first-order valence-electron chi connectivity index (χ1n) is 7.38. The van der Waals surface area contributed by atoms with Gasteiger partial charge in [0, 0.05) is 0 Å². The van der Waals surface area contributed by atoms with E-state index in [9.17, 15) is 30.0 Å². The van der Waals surface area contributed by atoms with Crippen molar-refractivity contribution in [3.8, 4) is 11.6 Å². The molecule has 2 heterocycles. The first kappa shape index (κ1) is 19.3. The number of hydrogen-bond donors (Lipinski definition) is 0. The molecule has 7 nitrogen and oxygen atoms in total. The standard InChI is InChI=1S/C15H11F3N2O5S2/c1-2-26(21,22)13-5-3-4-10(19-13)14-20-11-8-9(6-7-12(11)25-14)27(23,24)15(16,17)18/h3-8H,2H2,1H3. The topological polar surface area (TPSA) is 107 Å². The zero-order valence-electron chi connectivity index (χ0n) is 13.6. The summed E-state index contributed by atoms with van der Waals surface area (Å²) >= 11 is 0. The van der Waals surface area contributed by atoms with E-state index in [2.05, 4.69) is 9.97 Å². The SMILES string of the molecule is CCS(=O)(=O)c1cccc(-c2nc3cc(S(=O)(=O)C(F)(F)F)ccc3o2)n1. The van der Waals surface area contributed by atoms with Crippen molar-refractivity contribution in [1.82, 2.24) is 9.97 Å². The van der Waals surface area contributed by atoms with Gasteiger partial charge in [-0.15, -0.1) is 0 Å². The van der Waals surface area contributed by atoms with Crippen LogP contribution in [0.5, 0.6) is 0 Å². The fourth-order valence-corrected chi connectivity index (χ4v) is 3.77. The van der Waals surface area contributed by atoms with Crippen molar-refractivity contribution in [2.75, 3.05) is 5.75 Å². The third-order valence-electron chi connectivity index (χ3n) is 3.62. The summed E-state index contributed by atoms with van der Waals surface area (Å²) in [7, 11) is -9.12. The molecule has 0 N–H and O–H groups in total. The van der Waals surface area contributed by atoms with Crippen LogP contribution < -0.4 is 0 Å². The second-order valence-corrected chi connectivity index (χ2v) is 9.53. The minimum atomic E-state index is -5.53. The monoisotopic (exact) mass is 420 g/mol. The molecule has 12 heteroatoms. The molecule has 3 rings (SSSR count). The first-order chi connectivity index (χ1) is 12.5. The Bertz CT molecular complexity index is 1230. The molecule has 1 aromatic carbocycles. The van der Waals surface area contributed by atoms with Gasteiger partial charge in [0.05, 0.1) is 10.6 Å². The highest BCUT2D eigenvalue weighted by molar-refractivity contribution is 7.92. The Morgan fingerprint density at radius 2 is 1.74 bits per heavy atom. The molecule has 0 aliphatic carbocycles. The molecule has 0 radical (unpaired) electrons. The predicted octanol–water partition coefficient (Wildman–Crippen LogP) is 2.98. The van der Waals surface area contributed by atoms with Gasteiger partial charge in [0.2, 0.25) is 5.89 Å². The van der Waals surface area contributed by atoms with Gasteiger partial charge in [-0.25, -0.2) is 26.8 Å². The maximum Gasteiger partial charge on any atom is 0.501 e. The van der Waals surface area contributed by atoms with Crippen molar-refractivity contribution in [1.29, 1.82) is 0 Å². The van der Waals surface area contributed by atoms with Gasteiger partial charge in [-0.1, -0.05) is 13.0 Å². The molecule has 27 heavy (non-hydrogen) atoms. The number of halogens is 3. The van der Waals surface area contributed by atoms with Crippen molar-refractivity contribution in [2.24, 2.45) is 0 Å². The molecule has 0 amide bonds. The van der Waals surface area contributed by atoms with Gasteiger partial charge in [0.1, 0.15) is 11.2 Å². The first-order valence-corrected chi connectivity index (χ1v) is 10.5. The van der Waals surface area contributed by atoms with Gasteiger partial charge in [-0.2, -0.15) is 13.2 Å². The second kappa shape index (κ2) is 6.30. The summed E-state index contributed by atoms with van der Waals surface area (Å²) in [6.07, 6.45) is 0. The van der Waals surface area contributed by atoms with Crippen LogP contribution in [0.4, 0.5) is 13.2 Å². The predicted molar refractivity (Wildman–Crippen MR) is 88.2 cm³/mol. The number of fused-ring (bicyclic) bond motifs is 1. The number of sulfone groups is 2. The molecule has 0 saturated heterocycles. The summed E-state index contributed by atoms with van der Waals surface area (Å²) in [6, 6.07) is 6.64. The van der Waals surface area contributed by atoms with Gasteiger partial charge in [0.15, 0.2) is 20.4 Å². The van der Waals surface area contributed by atoms with E-state index in [0.717, 1.165) is 18.2 Å². The maximum atomic E-state index is 12.7. The molecular weight excluding hydrogens is 409 g/mol. The van der Waals surface area contributed by atoms with Gasteiger partial charge in [0.25, 0.3) is 9.84 Å². The van der Waals surface area contributed by atoms with Crippen LogP contribution in [-0.4, -0.2) is 38.1 Å². The number of alkyl halides is 3. The van der Waals surface area contributed by atoms with Gasteiger partial charge >= 0.3 is 5.51 Å². The van der Waals surface area contributed by atoms with Crippen molar-refractivity contribution in [2.45, 2.75) is 22.4 Å². The third kappa shape index (κ3) is 3.41. The van der Waals surface area contributed by atoms with E-state index in [-0.39, 0.29) is 33.5 Å². The summed E-state index contributed by atoms with van der Waals surface area (Å²) in [5, 5.41) is -0.204. The lowest BCUT2D eigenvalue weighted by Crippen LogP contribution is -2.23. The van der Waals surface area contributed by atoms with Gasteiger partial charge < -0.3 is 4.42 Å². The van der Waals surface area contributed by atoms with Crippen molar-refractivity contribution < 1.29 is 34.4 Å². The van der Waals surface area contributed by atoms with Crippen LogP contribution in [0.2, 0.25) is 0 Å². The van der Waals surface area contributed by atoms with Crippen LogP contribution in [0, 0.1) is 0 Å². The molecule has 0 aliphatic heterocycles. The molecule has 0 spiro atoms. The van der Waals surface area contributed by atoms with Gasteiger partial charge in [-0.3, -0.25) is 0 Å². The van der Waals surface area contributed by atoms with Gasteiger partial charge in [-0.05, 0) is 30.3 Å². The normalized spacial score (nSPS) is 13.2. The van der Waals surface area contributed by atoms with E-state index in [1.807, 2.05) is 0 Å². The molecule has 0 bridgehead atoms. The Morgan fingerprint density at radius 1 is 1.04 bits per heavy atom. The molecule has 0 unspecified atom stereocenters. The van der Waals surface area contributed by atoms with Crippen molar-refractivity contribution >= 4 is 30.8 Å². The second-order valence-electron chi connectivity index (χ2n) is 5.36. The Labute approximate surface area is 151 Å². The molecular formula is C15H11F3N2O5S2. The quantitative estimate of drug-likeness (QED) is 0.639. The average molecular weight is 420 g/mol. The van der Waals surface area contributed by atoms with Crippen LogP contribution in [-0.2, 0) is 19.7 Å². The van der Waals surface area contributed by atoms with E-state index in [4.69, 9.17) is 4.42 Å². The molecule has 0 atom stereocenters. The van der Waals surface area contributed by atoms with E-state index in [1.54, 1.807) is 0 Å². The number of rotatable bonds is 4. The van der Waals surface area contributed by atoms with E-state index < -0.39 is 30.1 Å². The number of nitrogens with zero attached hydrogens (tertiary/aromatic N) is 2. The summed E-state index contributed by atoms with van der Waals surface area (Å²) < 4.78 is 90.2. The van der Waals surface area contributed by atoms with Crippen LogP contribution in [0.25, 0.3) is 22.7 Å². The highest BCUT2D eigenvalue weighted by atomic mass is 32.2. The smallest absolute Gasteiger partial charge is 0.435 e. The average Bonchev–Trinajstić information content (AvgIpc) is 3.04. The van der Waals surface area contributed by atoms with E-state index in [0.29, 0.717) is 0 Å². The lowest BCUT2D eigenvalue weighted by Gasteiger charge is -2.07. The fraction of sp³-hybridized carbons (Fsp3) is 0.200. The summed E-state index contributed by atoms with van der Waals surface area (Å²) in [4.78, 5) is 6.91. The number of benzene rings is 1. The zero-order valence-corrected chi connectivity index (χ0v) is 15.2. The van der Waals surface area contributed by atoms with Crippen LogP contribution in [0.1, 0.15) is 6.92 Å². The fourth-order valence-electron chi connectivity index (χ4n) is 2.17. The maximum absolute atomic E-state index is 12.7. The lowest BCUT2D eigenvalue weighted by atomic mass is 10.3. The Kier molecular flexibility index (Phi) is 4.50. The zero-order chi connectivity index (χ0) is 20.0. The molecule has 0 fully saturated rings. The molecule has 144 valence electrons. The van der Waals surface area contributed by atoms with E-state index >= 15 is 0 Å². The van der Waals surface area contributed by atoms with E-state index in [1.165, 1.54) is 25.1 Å². The largest absolute Gasteiger partial charge is 0.501 e. The van der Waals surface area contributed by atoms with Crippen LogP contribution >= 0.6 is 0 Å². The number of oxazole rings is 1. The van der Waals surface area contributed by atoms with Crippen molar-refractivity contribution in [3.05, 3.63) is 36.4 Å². The summed E-state index contributed by atoms with van der Waals surface area (Å²) in [6.45, 7) is 1.45. The minimum absolute atomic E-state index is 0.0247. The Morgan fingerprint density at radius 3 is 2.37 bits per heavy atom. The summed E-state index contributed by atoms with van der Waals surface area (Å²) in [5.41, 5.74) is -5.52. The lowest BCUT2D eigenvalue weighted by molar-refractivity contribution is -0.0435. The molecule has 2 aromatic heterocycles.